The Bertz CT molecular complexity index is 1050. The summed E-state index contributed by atoms with van der Waals surface area (Å²) in [6, 6.07) is 37.8. The van der Waals surface area contributed by atoms with Crippen LogP contribution in [0, 0.1) is 0 Å². The smallest absolute Gasteiger partial charge is 0.115 e. The second kappa shape index (κ2) is 11.0. The van der Waals surface area contributed by atoms with Gasteiger partial charge in [-0.1, -0.05) is 139 Å². The van der Waals surface area contributed by atoms with E-state index in [1.165, 1.54) is 27.0 Å². The lowest BCUT2D eigenvalue weighted by Gasteiger charge is -2.24. The fourth-order valence-corrected chi connectivity index (χ4v) is 5.89. The molecule has 0 amide bonds. The topological polar surface area (TPSA) is 20.2 Å². The highest BCUT2D eigenvalue weighted by atomic mass is 31.1. The van der Waals surface area contributed by atoms with E-state index in [-0.39, 0.29) is 10.8 Å². The Morgan fingerprint density at radius 3 is 0.971 bits per heavy atom. The summed E-state index contributed by atoms with van der Waals surface area (Å²) in [5, 5.41) is 13.6. The predicted octanol–water partition coefficient (Wildman–Crippen LogP) is 7.43. The minimum absolute atomic E-state index is 0.147. The molecule has 0 saturated heterocycles. The van der Waals surface area contributed by atoms with Crippen molar-refractivity contribution in [2.24, 2.45) is 0 Å². The van der Waals surface area contributed by atoms with Crippen LogP contribution in [-0.2, 0) is 10.8 Å². The summed E-state index contributed by atoms with van der Waals surface area (Å²) in [6.45, 7) is 13.5. The van der Waals surface area contributed by atoms with E-state index in [0.717, 1.165) is 0 Å². The number of hydrogen-bond donors (Lipinski definition) is 1. The largest absolute Gasteiger partial charge is 0.508 e. The van der Waals surface area contributed by atoms with Crippen LogP contribution in [0.15, 0.2) is 109 Å². The van der Waals surface area contributed by atoms with Crippen LogP contribution in [0.2, 0.25) is 0 Å². The maximum Gasteiger partial charge on any atom is 0.115 e. The van der Waals surface area contributed by atoms with Gasteiger partial charge in [0.25, 0.3) is 0 Å². The van der Waals surface area contributed by atoms with Crippen molar-refractivity contribution >= 4 is 23.8 Å². The third-order valence-electron chi connectivity index (χ3n) is 5.76. The molecule has 1 N–H and O–H groups in total. The molecular weight excluding hydrogens is 431 g/mol. The molecule has 2 heteroatoms. The van der Waals surface area contributed by atoms with Gasteiger partial charge in [-0.2, -0.15) is 0 Å². The molecule has 0 saturated carbocycles. The van der Waals surface area contributed by atoms with Crippen LogP contribution in [0.4, 0.5) is 0 Å². The standard InChI is InChI=1S/C26H31OP.C6H6/c1-25(2,3)19-7-13-22(14-8-19)28(24-17-11-21(27)12-18-24)23-15-9-20(10-16-23)26(4,5)6;1-2-4-6-5-3-1/h7-18,27H,1-6H3;1-6H. The van der Waals surface area contributed by atoms with Crippen LogP contribution in [0.25, 0.3) is 0 Å². The minimum atomic E-state index is -0.666. The first kappa shape index (κ1) is 25.7. The average molecular weight is 469 g/mol. The van der Waals surface area contributed by atoms with E-state index in [1.807, 2.05) is 36.4 Å². The van der Waals surface area contributed by atoms with Crippen LogP contribution in [0.3, 0.4) is 0 Å². The van der Waals surface area contributed by atoms with Crippen LogP contribution >= 0.6 is 7.92 Å². The second-order valence-corrected chi connectivity index (χ2v) is 12.8. The maximum atomic E-state index is 9.74. The van der Waals surface area contributed by atoms with E-state index < -0.39 is 7.92 Å². The van der Waals surface area contributed by atoms with Crippen molar-refractivity contribution in [2.75, 3.05) is 0 Å². The number of phenolic OH excluding ortho intramolecular Hbond substituents is 1. The lowest BCUT2D eigenvalue weighted by molar-refractivity contribution is 0.475. The van der Waals surface area contributed by atoms with Gasteiger partial charge in [-0.25, -0.2) is 0 Å². The van der Waals surface area contributed by atoms with Gasteiger partial charge in [0.05, 0.1) is 0 Å². The zero-order chi connectivity index (χ0) is 24.8. The Labute approximate surface area is 207 Å². The van der Waals surface area contributed by atoms with Gasteiger partial charge in [-0.15, -0.1) is 0 Å². The molecule has 0 spiro atoms. The van der Waals surface area contributed by atoms with E-state index in [4.69, 9.17) is 0 Å². The normalized spacial score (nSPS) is 11.6. The third kappa shape index (κ3) is 7.05. The quantitative estimate of drug-likeness (QED) is 0.310. The fraction of sp³-hybridized carbons (Fsp3) is 0.250. The zero-order valence-corrected chi connectivity index (χ0v) is 22.2. The summed E-state index contributed by atoms with van der Waals surface area (Å²) >= 11 is 0. The van der Waals surface area contributed by atoms with Crippen LogP contribution in [-0.4, -0.2) is 5.11 Å². The van der Waals surface area contributed by atoms with Crippen molar-refractivity contribution in [1.82, 2.24) is 0 Å². The van der Waals surface area contributed by atoms with Crippen molar-refractivity contribution in [1.29, 1.82) is 0 Å². The van der Waals surface area contributed by atoms with Crippen LogP contribution < -0.4 is 15.9 Å². The van der Waals surface area contributed by atoms with Gasteiger partial charge >= 0.3 is 0 Å². The Hall–Kier alpha value is -2.89. The summed E-state index contributed by atoms with van der Waals surface area (Å²) in [4.78, 5) is 0. The van der Waals surface area contributed by atoms with Gasteiger partial charge in [-0.3, -0.25) is 0 Å². The van der Waals surface area contributed by atoms with Crippen molar-refractivity contribution in [3.63, 3.8) is 0 Å². The van der Waals surface area contributed by atoms with Gasteiger partial charge in [0.1, 0.15) is 5.75 Å². The minimum Gasteiger partial charge on any atom is -0.508 e. The lowest BCUT2D eigenvalue weighted by atomic mass is 9.87. The SMILES string of the molecule is CC(C)(C)c1ccc(P(c2ccc(O)cc2)c2ccc(C(C)(C)C)cc2)cc1.c1ccccc1. The summed E-state index contributed by atoms with van der Waals surface area (Å²) in [7, 11) is -0.666. The maximum absolute atomic E-state index is 9.74. The van der Waals surface area contributed by atoms with Gasteiger partial charge < -0.3 is 5.11 Å². The molecule has 0 unspecified atom stereocenters. The molecule has 176 valence electrons. The van der Waals surface area contributed by atoms with Crippen LogP contribution in [0.1, 0.15) is 52.7 Å². The van der Waals surface area contributed by atoms with Gasteiger partial charge in [0, 0.05) is 0 Å². The number of phenols is 1. The van der Waals surface area contributed by atoms with E-state index in [0.29, 0.717) is 5.75 Å². The molecule has 1 nitrogen and oxygen atoms in total. The molecular formula is C32H37OP. The molecule has 0 heterocycles. The zero-order valence-electron chi connectivity index (χ0n) is 21.3. The number of benzene rings is 4. The summed E-state index contributed by atoms with van der Waals surface area (Å²) < 4.78 is 0. The number of hydrogen-bond acceptors (Lipinski definition) is 1. The first-order chi connectivity index (χ1) is 16.1. The van der Waals surface area contributed by atoms with Gasteiger partial charge in [0.15, 0.2) is 0 Å². The molecule has 4 rings (SSSR count). The first-order valence-electron chi connectivity index (χ1n) is 11.9. The molecule has 0 radical (unpaired) electrons. The van der Waals surface area contributed by atoms with Crippen molar-refractivity contribution in [3.8, 4) is 5.75 Å². The average Bonchev–Trinajstić information content (AvgIpc) is 2.82. The summed E-state index contributed by atoms with van der Waals surface area (Å²) in [5.41, 5.74) is 2.99. The van der Waals surface area contributed by atoms with E-state index in [1.54, 1.807) is 12.1 Å². The van der Waals surface area contributed by atoms with Crippen LogP contribution in [0.5, 0.6) is 5.75 Å². The molecule has 0 bridgehead atoms. The predicted molar refractivity (Wildman–Crippen MR) is 151 cm³/mol. The molecule has 0 aromatic heterocycles. The van der Waals surface area contributed by atoms with Crippen molar-refractivity contribution in [3.05, 3.63) is 120 Å². The number of rotatable bonds is 3. The first-order valence-corrected chi connectivity index (χ1v) is 13.2. The molecule has 0 fully saturated rings. The Morgan fingerprint density at radius 1 is 0.441 bits per heavy atom. The molecule has 34 heavy (non-hydrogen) atoms. The third-order valence-corrected chi connectivity index (χ3v) is 8.20. The van der Waals surface area contributed by atoms with Crippen molar-refractivity contribution < 1.29 is 5.11 Å². The van der Waals surface area contributed by atoms with Crippen molar-refractivity contribution in [2.45, 2.75) is 52.4 Å². The van der Waals surface area contributed by atoms with E-state index in [2.05, 4.69) is 102 Å². The summed E-state index contributed by atoms with van der Waals surface area (Å²) in [6.07, 6.45) is 0. The molecule has 0 aliphatic rings. The highest BCUT2D eigenvalue weighted by Gasteiger charge is 2.20. The number of aromatic hydroxyl groups is 1. The lowest BCUT2D eigenvalue weighted by Crippen LogP contribution is -2.22. The molecule has 4 aromatic rings. The molecule has 0 aliphatic heterocycles. The second-order valence-electron chi connectivity index (χ2n) is 10.6. The van der Waals surface area contributed by atoms with Gasteiger partial charge in [0.2, 0.25) is 0 Å². The highest BCUT2D eigenvalue weighted by Crippen LogP contribution is 2.35. The van der Waals surface area contributed by atoms with E-state index in [9.17, 15) is 5.11 Å². The molecule has 0 atom stereocenters. The fourth-order valence-electron chi connectivity index (χ4n) is 3.65. The molecule has 4 aromatic carbocycles. The Morgan fingerprint density at radius 2 is 0.706 bits per heavy atom. The van der Waals surface area contributed by atoms with E-state index >= 15 is 0 Å². The summed E-state index contributed by atoms with van der Waals surface area (Å²) in [5.74, 6) is 0.310. The monoisotopic (exact) mass is 468 g/mol. The highest BCUT2D eigenvalue weighted by molar-refractivity contribution is 7.79. The Balaban J connectivity index is 0.000000469. The Kier molecular flexibility index (Phi) is 8.34. The van der Waals surface area contributed by atoms with Gasteiger partial charge in [-0.05, 0) is 57.9 Å². The molecule has 0 aliphatic carbocycles.